The standard InChI is InChI=1S/C20H20N2O2/c1-12-5-6-18(9-13(12)2)22-20(24)17(11-21)10-16-7-14(3)19(23)15(4)8-16/h5-10,23H,1-4H3,(H,22,24). The molecule has 24 heavy (non-hydrogen) atoms. The van der Waals surface area contributed by atoms with Gasteiger partial charge >= 0.3 is 0 Å². The SMILES string of the molecule is Cc1ccc(NC(=O)C(C#N)=Cc2cc(C)c(O)c(C)c2)cc1C. The third kappa shape index (κ3) is 3.82. The fourth-order valence-corrected chi connectivity index (χ4v) is 2.41. The van der Waals surface area contributed by atoms with Crippen LogP contribution in [0.5, 0.6) is 5.75 Å². The van der Waals surface area contributed by atoms with Crippen molar-refractivity contribution in [1.82, 2.24) is 0 Å². The van der Waals surface area contributed by atoms with Crippen LogP contribution in [0, 0.1) is 39.0 Å². The predicted octanol–water partition coefficient (Wildman–Crippen LogP) is 4.17. The summed E-state index contributed by atoms with van der Waals surface area (Å²) in [6.45, 7) is 7.52. The number of nitriles is 1. The van der Waals surface area contributed by atoms with Gasteiger partial charge in [0.25, 0.3) is 5.91 Å². The summed E-state index contributed by atoms with van der Waals surface area (Å²) in [5, 5.41) is 21.9. The Morgan fingerprint density at radius 3 is 2.21 bits per heavy atom. The first-order valence-electron chi connectivity index (χ1n) is 7.62. The maximum Gasteiger partial charge on any atom is 0.266 e. The van der Waals surface area contributed by atoms with Crippen molar-refractivity contribution in [3.05, 3.63) is 63.7 Å². The first-order chi connectivity index (χ1) is 11.3. The van der Waals surface area contributed by atoms with E-state index in [0.29, 0.717) is 22.4 Å². The average molecular weight is 320 g/mol. The van der Waals surface area contributed by atoms with Gasteiger partial charge in [-0.25, -0.2) is 0 Å². The highest BCUT2D eigenvalue weighted by Crippen LogP contribution is 2.24. The number of phenols is 1. The molecule has 0 aliphatic rings. The predicted molar refractivity (Wildman–Crippen MR) is 95.7 cm³/mol. The number of benzene rings is 2. The molecule has 0 aromatic heterocycles. The van der Waals surface area contributed by atoms with Gasteiger partial charge in [0.1, 0.15) is 17.4 Å². The van der Waals surface area contributed by atoms with Crippen LogP contribution >= 0.6 is 0 Å². The number of hydrogen-bond donors (Lipinski definition) is 2. The Morgan fingerprint density at radius 2 is 1.67 bits per heavy atom. The lowest BCUT2D eigenvalue weighted by Crippen LogP contribution is -2.13. The van der Waals surface area contributed by atoms with E-state index in [1.54, 1.807) is 26.0 Å². The van der Waals surface area contributed by atoms with Gasteiger partial charge in [-0.3, -0.25) is 4.79 Å². The summed E-state index contributed by atoms with van der Waals surface area (Å²) in [5.41, 5.74) is 4.98. The first kappa shape index (κ1) is 17.3. The molecule has 0 saturated carbocycles. The maximum atomic E-state index is 12.3. The minimum absolute atomic E-state index is 0.0118. The van der Waals surface area contributed by atoms with Gasteiger partial charge in [0, 0.05) is 5.69 Å². The molecule has 122 valence electrons. The molecule has 4 heteroatoms. The van der Waals surface area contributed by atoms with Gasteiger partial charge < -0.3 is 10.4 Å². The van der Waals surface area contributed by atoms with Gasteiger partial charge in [-0.2, -0.15) is 5.26 Å². The number of anilines is 1. The van der Waals surface area contributed by atoms with Crippen LogP contribution in [0.25, 0.3) is 6.08 Å². The first-order valence-corrected chi connectivity index (χ1v) is 7.62. The van der Waals surface area contributed by atoms with E-state index in [0.717, 1.165) is 11.1 Å². The molecule has 0 fully saturated rings. The molecule has 1 amide bonds. The summed E-state index contributed by atoms with van der Waals surface area (Å²) in [6.07, 6.45) is 1.52. The molecule has 2 rings (SSSR count). The van der Waals surface area contributed by atoms with E-state index in [1.165, 1.54) is 6.08 Å². The van der Waals surface area contributed by atoms with E-state index < -0.39 is 5.91 Å². The number of aromatic hydroxyl groups is 1. The lowest BCUT2D eigenvalue weighted by Gasteiger charge is -2.08. The number of rotatable bonds is 3. The third-order valence-electron chi connectivity index (χ3n) is 3.95. The Morgan fingerprint density at radius 1 is 1.04 bits per heavy atom. The molecule has 4 nitrogen and oxygen atoms in total. The molecule has 0 bridgehead atoms. The van der Waals surface area contributed by atoms with E-state index in [-0.39, 0.29) is 11.3 Å². The van der Waals surface area contributed by atoms with E-state index in [1.807, 2.05) is 38.1 Å². The fourth-order valence-electron chi connectivity index (χ4n) is 2.41. The smallest absolute Gasteiger partial charge is 0.266 e. The molecule has 0 unspecified atom stereocenters. The Labute approximate surface area is 142 Å². The quantitative estimate of drug-likeness (QED) is 0.658. The van der Waals surface area contributed by atoms with Crippen LogP contribution in [-0.2, 0) is 4.79 Å². The highest BCUT2D eigenvalue weighted by Gasteiger charge is 2.11. The van der Waals surface area contributed by atoms with Crippen molar-refractivity contribution in [1.29, 1.82) is 5.26 Å². The van der Waals surface area contributed by atoms with Crippen LogP contribution in [0.2, 0.25) is 0 Å². The van der Waals surface area contributed by atoms with Crippen molar-refractivity contribution in [3.63, 3.8) is 0 Å². The molecule has 2 aromatic carbocycles. The highest BCUT2D eigenvalue weighted by molar-refractivity contribution is 6.09. The van der Waals surface area contributed by atoms with Gasteiger partial charge in [0.05, 0.1) is 0 Å². The molecular weight excluding hydrogens is 300 g/mol. The number of carbonyl (C=O) groups is 1. The second-order valence-corrected chi connectivity index (χ2v) is 5.93. The summed E-state index contributed by atoms with van der Waals surface area (Å²) in [6, 6.07) is 11.0. The molecule has 0 atom stereocenters. The summed E-state index contributed by atoms with van der Waals surface area (Å²) in [5.74, 6) is -0.227. The topological polar surface area (TPSA) is 73.1 Å². The molecular formula is C20H20N2O2. The largest absolute Gasteiger partial charge is 0.507 e. The number of amides is 1. The van der Waals surface area contributed by atoms with Crippen molar-refractivity contribution in [3.8, 4) is 11.8 Å². The normalized spacial score (nSPS) is 11.0. The average Bonchev–Trinajstić information content (AvgIpc) is 2.53. The minimum atomic E-state index is -0.455. The lowest BCUT2D eigenvalue weighted by molar-refractivity contribution is -0.112. The third-order valence-corrected chi connectivity index (χ3v) is 3.95. The summed E-state index contributed by atoms with van der Waals surface area (Å²) >= 11 is 0. The number of hydrogen-bond acceptors (Lipinski definition) is 3. The Balaban J connectivity index is 2.29. The van der Waals surface area contributed by atoms with Gasteiger partial charge in [-0.05, 0) is 85.9 Å². The summed E-state index contributed by atoms with van der Waals surface area (Å²) in [4.78, 5) is 12.3. The van der Waals surface area contributed by atoms with Crippen LogP contribution in [0.1, 0.15) is 27.8 Å². The molecule has 0 spiro atoms. The Hall–Kier alpha value is -3.06. The van der Waals surface area contributed by atoms with E-state index >= 15 is 0 Å². The molecule has 0 aliphatic heterocycles. The molecule has 0 heterocycles. The molecule has 0 aliphatic carbocycles. The number of nitrogens with zero attached hydrogens (tertiary/aromatic N) is 1. The second-order valence-electron chi connectivity index (χ2n) is 5.93. The maximum absolute atomic E-state index is 12.3. The number of phenolic OH excluding ortho intramolecular Hbond substituents is 1. The summed E-state index contributed by atoms with van der Waals surface area (Å²) < 4.78 is 0. The fraction of sp³-hybridized carbons (Fsp3) is 0.200. The van der Waals surface area contributed by atoms with Gasteiger partial charge in [-0.1, -0.05) is 6.07 Å². The monoisotopic (exact) mass is 320 g/mol. The van der Waals surface area contributed by atoms with Crippen LogP contribution in [0.15, 0.2) is 35.9 Å². The second kappa shape index (κ2) is 7.01. The highest BCUT2D eigenvalue weighted by atomic mass is 16.3. The number of aryl methyl sites for hydroxylation is 4. The zero-order valence-electron chi connectivity index (χ0n) is 14.3. The van der Waals surface area contributed by atoms with Crippen LogP contribution in [0.3, 0.4) is 0 Å². The van der Waals surface area contributed by atoms with Gasteiger partial charge in [0.15, 0.2) is 0 Å². The van der Waals surface area contributed by atoms with Crippen LogP contribution < -0.4 is 5.32 Å². The van der Waals surface area contributed by atoms with Gasteiger partial charge in [0.2, 0.25) is 0 Å². The molecule has 2 aromatic rings. The van der Waals surface area contributed by atoms with Crippen LogP contribution in [-0.4, -0.2) is 11.0 Å². The lowest BCUT2D eigenvalue weighted by atomic mass is 10.0. The zero-order chi connectivity index (χ0) is 17.9. The minimum Gasteiger partial charge on any atom is -0.507 e. The van der Waals surface area contributed by atoms with Crippen LogP contribution in [0.4, 0.5) is 5.69 Å². The van der Waals surface area contributed by atoms with E-state index in [2.05, 4.69) is 5.32 Å². The van der Waals surface area contributed by atoms with Crippen molar-refractivity contribution in [2.24, 2.45) is 0 Å². The van der Waals surface area contributed by atoms with Gasteiger partial charge in [-0.15, -0.1) is 0 Å². The zero-order valence-corrected chi connectivity index (χ0v) is 14.3. The van der Waals surface area contributed by atoms with E-state index in [9.17, 15) is 15.2 Å². The summed E-state index contributed by atoms with van der Waals surface area (Å²) in [7, 11) is 0. The molecule has 0 radical (unpaired) electrons. The Kier molecular flexibility index (Phi) is 5.05. The number of nitrogens with one attached hydrogen (secondary N) is 1. The number of carbonyl (C=O) groups excluding carboxylic acids is 1. The van der Waals surface area contributed by atoms with Crippen molar-refractivity contribution < 1.29 is 9.90 Å². The van der Waals surface area contributed by atoms with Crippen molar-refractivity contribution in [2.75, 3.05) is 5.32 Å². The molecule has 0 saturated heterocycles. The molecule has 2 N–H and O–H groups in total. The van der Waals surface area contributed by atoms with Crippen molar-refractivity contribution in [2.45, 2.75) is 27.7 Å². The van der Waals surface area contributed by atoms with Crippen molar-refractivity contribution >= 4 is 17.7 Å². The Bertz CT molecular complexity index is 851. The van der Waals surface area contributed by atoms with E-state index in [4.69, 9.17) is 0 Å².